The van der Waals surface area contributed by atoms with Gasteiger partial charge in [-0.3, -0.25) is 4.90 Å². The molecule has 2 aliphatic heterocycles. The summed E-state index contributed by atoms with van der Waals surface area (Å²) in [5.74, 6) is -0.185. The summed E-state index contributed by atoms with van der Waals surface area (Å²) in [7, 11) is 0. The minimum atomic E-state index is -0.185. The quantitative estimate of drug-likeness (QED) is 0.780. The molecule has 1 saturated heterocycles. The van der Waals surface area contributed by atoms with Crippen LogP contribution in [0.1, 0.15) is 35.4 Å². The Kier molecular flexibility index (Phi) is 3.53. The van der Waals surface area contributed by atoms with E-state index < -0.39 is 0 Å². The molecule has 19 heavy (non-hydrogen) atoms. The van der Waals surface area contributed by atoms with Gasteiger partial charge in [-0.15, -0.1) is 0 Å². The molecule has 2 heterocycles. The lowest BCUT2D eigenvalue weighted by Gasteiger charge is -2.33. The lowest BCUT2D eigenvalue weighted by Crippen LogP contribution is -2.42. The van der Waals surface area contributed by atoms with Crippen LogP contribution in [0, 0.1) is 0 Å². The highest BCUT2D eigenvalue weighted by Crippen LogP contribution is 2.34. The Bertz CT molecular complexity index is 468. The molecule has 2 unspecified atom stereocenters. The van der Waals surface area contributed by atoms with Crippen molar-refractivity contribution < 1.29 is 14.3 Å². The fourth-order valence-electron chi connectivity index (χ4n) is 2.87. The van der Waals surface area contributed by atoms with Crippen molar-refractivity contribution in [3.63, 3.8) is 0 Å². The van der Waals surface area contributed by atoms with Crippen LogP contribution in [0.3, 0.4) is 0 Å². The third-order valence-corrected chi connectivity index (χ3v) is 4.00. The minimum Gasteiger partial charge on any atom is -0.454 e. The Morgan fingerprint density at radius 1 is 1.32 bits per heavy atom. The molecule has 4 nitrogen and oxygen atoms in total. The Labute approximate surface area is 113 Å². The van der Waals surface area contributed by atoms with Crippen LogP contribution in [0.25, 0.3) is 0 Å². The van der Waals surface area contributed by atoms with Crippen LogP contribution in [0.15, 0.2) is 24.3 Å². The van der Waals surface area contributed by atoms with Crippen molar-refractivity contribution in [3.8, 4) is 0 Å². The molecule has 0 aliphatic carbocycles. The van der Waals surface area contributed by atoms with E-state index >= 15 is 0 Å². The molecule has 2 aliphatic rings. The average Bonchev–Trinajstić information content (AvgIpc) is 2.77. The maximum atomic E-state index is 11.8. The first kappa shape index (κ1) is 12.6. The van der Waals surface area contributed by atoms with Gasteiger partial charge in [-0.2, -0.15) is 0 Å². The first-order chi connectivity index (χ1) is 9.25. The number of hydrogen-bond acceptors (Lipinski definition) is 4. The van der Waals surface area contributed by atoms with Gasteiger partial charge in [0.2, 0.25) is 0 Å². The second-order valence-electron chi connectivity index (χ2n) is 5.21. The predicted molar refractivity (Wildman–Crippen MR) is 71.1 cm³/mol. The van der Waals surface area contributed by atoms with Crippen molar-refractivity contribution >= 4 is 5.97 Å². The highest BCUT2D eigenvalue weighted by Gasteiger charge is 2.32. The molecule has 2 atom stereocenters. The Balaban J connectivity index is 1.69. The summed E-state index contributed by atoms with van der Waals surface area (Å²) in [6.07, 6.45) is 0.754. The maximum absolute atomic E-state index is 11.8. The van der Waals surface area contributed by atoms with Crippen molar-refractivity contribution in [3.05, 3.63) is 35.4 Å². The third-order valence-electron chi connectivity index (χ3n) is 4.00. The van der Waals surface area contributed by atoms with Crippen LogP contribution in [0.2, 0.25) is 0 Å². The number of esters is 1. The number of hydrogen-bond donors (Lipinski definition) is 0. The van der Waals surface area contributed by atoms with E-state index in [2.05, 4.69) is 11.8 Å². The minimum absolute atomic E-state index is 0.0958. The van der Waals surface area contributed by atoms with E-state index in [1.54, 1.807) is 0 Å². The number of carbonyl (C=O) groups excluding carboxylic acids is 1. The summed E-state index contributed by atoms with van der Waals surface area (Å²) in [4.78, 5) is 14.2. The van der Waals surface area contributed by atoms with Gasteiger partial charge >= 0.3 is 5.97 Å². The number of ether oxygens (including phenoxy) is 2. The van der Waals surface area contributed by atoms with Gasteiger partial charge in [-0.25, -0.2) is 4.79 Å². The number of fused-ring (bicyclic) bond motifs is 1. The van der Waals surface area contributed by atoms with Crippen LogP contribution in [-0.2, 0) is 9.47 Å². The summed E-state index contributed by atoms with van der Waals surface area (Å²) < 4.78 is 10.9. The number of carbonyl (C=O) groups is 1. The molecule has 4 heteroatoms. The molecule has 0 amide bonds. The number of benzene rings is 1. The lowest BCUT2D eigenvalue weighted by atomic mass is 9.99. The van der Waals surface area contributed by atoms with Gasteiger partial charge in [-0.05, 0) is 13.0 Å². The molecule has 0 spiro atoms. The maximum Gasteiger partial charge on any atom is 0.339 e. The first-order valence-electron chi connectivity index (χ1n) is 6.87. The van der Waals surface area contributed by atoms with Gasteiger partial charge in [0.25, 0.3) is 0 Å². The Morgan fingerprint density at radius 2 is 2.05 bits per heavy atom. The smallest absolute Gasteiger partial charge is 0.339 e. The fourth-order valence-corrected chi connectivity index (χ4v) is 2.87. The van der Waals surface area contributed by atoms with Crippen molar-refractivity contribution in [1.82, 2.24) is 4.90 Å². The van der Waals surface area contributed by atoms with E-state index in [4.69, 9.17) is 9.47 Å². The third kappa shape index (κ3) is 2.51. The van der Waals surface area contributed by atoms with Crippen molar-refractivity contribution in [2.45, 2.75) is 25.5 Å². The summed E-state index contributed by atoms with van der Waals surface area (Å²) in [5, 5.41) is 0. The Morgan fingerprint density at radius 3 is 2.84 bits per heavy atom. The number of cyclic esters (lactones) is 1. The van der Waals surface area contributed by atoms with Gasteiger partial charge in [-0.1, -0.05) is 18.2 Å². The van der Waals surface area contributed by atoms with E-state index in [0.29, 0.717) is 6.04 Å². The van der Waals surface area contributed by atoms with E-state index in [-0.39, 0.29) is 12.1 Å². The second kappa shape index (κ2) is 5.31. The van der Waals surface area contributed by atoms with Crippen molar-refractivity contribution in [2.75, 3.05) is 26.3 Å². The average molecular weight is 261 g/mol. The molecule has 3 rings (SSSR count). The molecule has 0 N–H and O–H groups in total. The highest BCUT2D eigenvalue weighted by atomic mass is 16.5. The van der Waals surface area contributed by atoms with Gasteiger partial charge in [0.05, 0.1) is 18.8 Å². The Hall–Kier alpha value is -1.39. The van der Waals surface area contributed by atoms with Crippen LogP contribution in [-0.4, -0.2) is 43.2 Å². The van der Waals surface area contributed by atoms with Gasteiger partial charge in [0, 0.05) is 31.1 Å². The lowest BCUT2D eigenvalue weighted by molar-refractivity contribution is 0.00106. The topological polar surface area (TPSA) is 38.8 Å². The molecule has 0 aromatic heterocycles. The van der Waals surface area contributed by atoms with E-state index in [1.807, 2.05) is 24.3 Å². The first-order valence-corrected chi connectivity index (χ1v) is 6.87. The molecule has 0 bridgehead atoms. The summed E-state index contributed by atoms with van der Waals surface area (Å²) in [5.41, 5.74) is 1.76. The number of rotatable bonds is 3. The summed E-state index contributed by atoms with van der Waals surface area (Å²) in [6, 6.07) is 8.09. The van der Waals surface area contributed by atoms with Crippen molar-refractivity contribution in [2.24, 2.45) is 0 Å². The summed E-state index contributed by atoms with van der Waals surface area (Å²) >= 11 is 0. The van der Waals surface area contributed by atoms with E-state index in [0.717, 1.165) is 43.9 Å². The van der Waals surface area contributed by atoms with Crippen LogP contribution in [0.5, 0.6) is 0 Å². The molecular weight excluding hydrogens is 242 g/mol. The largest absolute Gasteiger partial charge is 0.454 e. The van der Waals surface area contributed by atoms with E-state index in [9.17, 15) is 4.79 Å². The normalized spacial score (nSPS) is 24.9. The van der Waals surface area contributed by atoms with Crippen molar-refractivity contribution in [1.29, 1.82) is 0 Å². The molecule has 0 saturated carbocycles. The standard InChI is InChI=1S/C15H19NO3/c1-11(16-6-8-18-9-7-16)10-14-12-4-2-3-5-13(12)15(17)19-14/h2-5,11,14H,6-10H2,1H3. The molecule has 1 aromatic rings. The van der Waals surface area contributed by atoms with Crippen LogP contribution in [0.4, 0.5) is 0 Å². The molecule has 1 fully saturated rings. The monoisotopic (exact) mass is 261 g/mol. The van der Waals surface area contributed by atoms with Gasteiger partial charge in [0.1, 0.15) is 6.10 Å². The zero-order chi connectivity index (χ0) is 13.2. The van der Waals surface area contributed by atoms with Crippen LogP contribution < -0.4 is 0 Å². The highest BCUT2D eigenvalue weighted by molar-refractivity contribution is 5.93. The second-order valence-corrected chi connectivity index (χ2v) is 5.21. The fraction of sp³-hybridized carbons (Fsp3) is 0.533. The molecule has 102 valence electrons. The van der Waals surface area contributed by atoms with Gasteiger partial charge < -0.3 is 9.47 Å². The van der Waals surface area contributed by atoms with E-state index in [1.165, 1.54) is 0 Å². The molecule has 1 aromatic carbocycles. The number of morpholine rings is 1. The summed E-state index contributed by atoms with van der Waals surface area (Å²) in [6.45, 7) is 5.71. The van der Waals surface area contributed by atoms with Crippen LogP contribution >= 0.6 is 0 Å². The van der Waals surface area contributed by atoms with Gasteiger partial charge in [0.15, 0.2) is 0 Å². The SMILES string of the molecule is CC(CC1OC(=O)c2ccccc21)N1CCOCC1. The molecular formula is C15H19NO3. The zero-order valence-corrected chi connectivity index (χ0v) is 11.2. The number of nitrogens with zero attached hydrogens (tertiary/aromatic N) is 1. The zero-order valence-electron chi connectivity index (χ0n) is 11.2. The predicted octanol–water partition coefficient (Wildman–Crippen LogP) is 2.01. The molecule has 0 radical (unpaired) electrons.